The van der Waals surface area contributed by atoms with E-state index >= 15 is 0 Å². The van der Waals surface area contributed by atoms with Gasteiger partial charge in [-0.1, -0.05) is 30.3 Å². The highest BCUT2D eigenvalue weighted by Crippen LogP contribution is 2.14. The molecule has 0 aliphatic heterocycles. The van der Waals surface area contributed by atoms with Gasteiger partial charge in [0, 0.05) is 43.8 Å². The summed E-state index contributed by atoms with van der Waals surface area (Å²) < 4.78 is 15.0. The van der Waals surface area contributed by atoms with Crippen molar-refractivity contribution in [2.75, 3.05) is 6.54 Å². The maximum Gasteiger partial charge on any atom is 0.123 e. The van der Waals surface area contributed by atoms with Crippen molar-refractivity contribution in [1.29, 1.82) is 0 Å². The average molecular weight is 386 g/mol. The molecule has 0 aliphatic rings. The number of rotatable bonds is 8. The summed E-state index contributed by atoms with van der Waals surface area (Å²) in [6.45, 7) is 2.57. The number of hydrogen-bond acceptors (Lipinski definition) is 3. The van der Waals surface area contributed by atoms with Crippen LogP contribution in [0.1, 0.15) is 16.7 Å². The molecule has 2 aromatic carbocycles. The van der Waals surface area contributed by atoms with Crippen LogP contribution in [0.25, 0.3) is 5.69 Å². The third kappa shape index (κ3) is 5.36. The number of benzene rings is 2. The van der Waals surface area contributed by atoms with Crippen LogP contribution in [0.5, 0.6) is 0 Å². The Balaban J connectivity index is 1.47. The van der Waals surface area contributed by atoms with Crippen molar-refractivity contribution in [2.45, 2.75) is 19.5 Å². The molecule has 5 heteroatoms. The second-order valence-electron chi connectivity index (χ2n) is 7.07. The molecule has 0 radical (unpaired) electrons. The Bertz CT molecular complexity index is 1010. The number of hydrogen-bond donors (Lipinski definition) is 0. The molecule has 0 N–H and O–H groups in total. The standard InChI is InChI=1S/C24H23FN4/c25-23-6-8-24(9-7-23)29-19-22(16-27-29)18-28(17-21-10-13-26-14-11-21)15-12-20-4-2-1-3-5-20/h1-11,13-14,16,19H,12,15,17-18H2. The van der Waals surface area contributed by atoms with Crippen LogP contribution in [-0.2, 0) is 19.5 Å². The fourth-order valence-electron chi connectivity index (χ4n) is 3.33. The minimum atomic E-state index is -0.245. The van der Waals surface area contributed by atoms with Gasteiger partial charge in [0.05, 0.1) is 11.9 Å². The van der Waals surface area contributed by atoms with Crippen molar-refractivity contribution in [3.05, 3.63) is 114 Å². The van der Waals surface area contributed by atoms with Gasteiger partial charge in [0.15, 0.2) is 0 Å². The lowest BCUT2D eigenvalue weighted by Crippen LogP contribution is -2.25. The molecule has 4 nitrogen and oxygen atoms in total. The molecule has 0 saturated heterocycles. The zero-order chi connectivity index (χ0) is 19.9. The second kappa shape index (κ2) is 9.26. The molecule has 0 aliphatic carbocycles. The van der Waals surface area contributed by atoms with Crippen LogP contribution >= 0.6 is 0 Å². The van der Waals surface area contributed by atoms with Crippen LogP contribution in [0.3, 0.4) is 0 Å². The fraction of sp³-hybridized carbons (Fsp3) is 0.167. The minimum Gasteiger partial charge on any atom is -0.294 e. The van der Waals surface area contributed by atoms with Crippen LogP contribution in [0.15, 0.2) is 91.5 Å². The Morgan fingerprint density at radius 1 is 0.793 bits per heavy atom. The second-order valence-corrected chi connectivity index (χ2v) is 7.07. The van der Waals surface area contributed by atoms with E-state index in [0.29, 0.717) is 0 Å². The highest BCUT2D eigenvalue weighted by molar-refractivity contribution is 5.31. The minimum absolute atomic E-state index is 0.245. The van der Waals surface area contributed by atoms with Crippen LogP contribution in [0.4, 0.5) is 4.39 Å². The third-order valence-electron chi connectivity index (χ3n) is 4.85. The number of halogens is 1. The summed E-state index contributed by atoms with van der Waals surface area (Å²) in [6, 6.07) is 21.0. The molecule has 4 rings (SSSR count). The van der Waals surface area contributed by atoms with Gasteiger partial charge >= 0.3 is 0 Å². The maximum absolute atomic E-state index is 13.2. The molecule has 0 saturated carbocycles. The first-order valence-corrected chi connectivity index (χ1v) is 9.71. The predicted molar refractivity (Wildman–Crippen MR) is 112 cm³/mol. The van der Waals surface area contributed by atoms with Crippen molar-refractivity contribution < 1.29 is 4.39 Å². The first-order chi connectivity index (χ1) is 14.3. The molecule has 0 spiro atoms. The fourth-order valence-corrected chi connectivity index (χ4v) is 3.33. The molecule has 0 bridgehead atoms. The monoisotopic (exact) mass is 386 g/mol. The van der Waals surface area contributed by atoms with E-state index in [0.717, 1.165) is 37.3 Å². The van der Waals surface area contributed by atoms with Gasteiger partial charge in [-0.2, -0.15) is 5.10 Å². The van der Waals surface area contributed by atoms with E-state index in [1.165, 1.54) is 23.3 Å². The van der Waals surface area contributed by atoms with Gasteiger partial charge in [-0.05, 0) is 53.9 Å². The van der Waals surface area contributed by atoms with Gasteiger partial charge in [-0.25, -0.2) is 9.07 Å². The molecule has 0 amide bonds. The topological polar surface area (TPSA) is 34.0 Å². The number of pyridine rings is 1. The largest absolute Gasteiger partial charge is 0.294 e. The van der Waals surface area contributed by atoms with Crippen molar-refractivity contribution in [3.8, 4) is 5.69 Å². The van der Waals surface area contributed by atoms with Crippen molar-refractivity contribution in [1.82, 2.24) is 19.7 Å². The van der Waals surface area contributed by atoms with Gasteiger partial charge < -0.3 is 0 Å². The summed E-state index contributed by atoms with van der Waals surface area (Å²) in [5, 5.41) is 4.45. The van der Waals surface area contributed by atoms with Crippen molar-refractivity contribution in [3.63, 3.8) is 0 Å². The highest BCUT2D eigenvalue weighted by Gasteiger charge is 2.10. The average Bonchev–Trinajstić information content (AvgIpc) is 3.22. The SMILES string of the molecule is Fc1ccc(-n2cc(CN(CCc3ccccc3)Cc3ccncc3)cn2)cc1. The molecule has 0 fully saturated rings. The molecule has 0 unspecified atom stereocenters. The molecule has 2 aromatic heterocycles. The quantitative estimate of drug-likeness (QED) is 0.442. The van der Waals surface area contributed by atoms with E-state index in [9.17, 15) is 4.39 Å². The Kier molecular flexibility index (Phi) is 6.07. The Morgan fingerprint density at radius 2 is 1.52 bits per heavy atom. The van der Waals surface area contributed by atoms with E-state index in [1.54, 1.807) is 16.8 Å². The van der Waals surface area contributed by atoms with Crippen LogP contribution in [0, 0.1) is 5.82 Å². The summed E-state index contributed by atoms with van der Waals surface area (Å²) in [5.41, 5.74) is 4.53. The van der Waals surface area contributed by atoms with E-state index in [-0.39, 0.29) is 5.82 Å². The summed E-state index contributed by atoms with van der Waals surface area (Å²) >= 11 is 0. The van der Waals surface area contributed by atoms with E-state index in [2.05, 4.69) is 51.4 Å². The van der Waals surface area contributed by atoms with E-state index in [1.807, 2.05) is 30.9 Å². The Hall–Kier alpha value is -3.31. The third-order valence-corrected chi connectivity index (χ3v) is 4.85. The first-order valence-electron chi connectivity index (χ1n) is 9.71. The molecule has 0 atom stereocenters. The van der Waals surface area contributed by atoms with Crippen molar-refractivity contribution in [2.24, 2.45) is 0 Å². The van der Waals surface area contributed by atoms with Gasteiger partial charge in [0.2, 0.25) is 0 Å². The number of aromatic nitrogens is 3. The molecule has 29 heavy (non-hydrogen) atoms. The van der Waals surface area contributed by atoms with Gasteiger partial charge in [-0.3, -0.25) is 9.88 Å². The van der Waals surface area contributed by atoms with E-state index in [4.69, 9.17) is 0 Å². The van der Waals surface area contributed by atoms with E-state index < -0.39 is 0 Å². The summed E-state index contributed by atoms with van der Waals surface area (Å²) in [4.78, 5) is 6.53. The van der Waals surface area contributed by atoms with Gasteiger partial charge in [0.25, 0.3) is 0 Å². The molecule has 146 valence electrons. The lowest BCUT2D eigenvalue weighted by atomic mass is 10.1. The lowest BCUT2D eigenvalue weighted by molar-refractivity contribution is 0.260. The number of nitrogens with zero attached hydrogens (tertiary/aromatic N) is 4. The Labute approximate surface area is 170 Å². The zero-order valence-electron chi connectivity index (χ0n) is 16.2. The van der Waals surface area contributed by atoms with Crippen molar-refractivity contribution >= 4 is 0 Å². The Morgan fingerprint density at radius 3 is 2.28 bits per heavy atom. The predicted octanol–water partition coefficient (Wildman–Crippen LogP) is 4.65. The maximum atomic E-state index is 13.2. The molecule has 2 heterocycles. The first kappa shape index (κ1) is 19.0. The normalized spacial score (nSPS) is 11.1. The van der Waals surface area contributed by atoms with Gasteiger partial charge in [0.1, 0.15) is 5.82 Å². The van der Waals surface area contributed by atoms with Gasteiger partial charge in [-0.15, -0.1) is 0 Å². The summed E-state index contributed by atoms with van der Waals surface area (Å²) in [7, 11) is 0. The summed E-state index contributed by atoms with van der Waals surface area (Å²) in [6.07, 6.45) is 8.54. The highest BCUT2D eigenvalue weighted by atomic mass is 19.1. The smallest absolute Gasteiger partial charge is 0.123 e. The zero-order valence-corrected chi connectivity index (χ0v) is 16.2. The van der Waals surface area contributed by atoms with Crippen LogP contribution in [-0.4, -0.2) is 26.2 Å². The summed E-state index contributed by atoms with van der Waals surface area (Å²) in [5.74, 6) is -0.245. The molecular weight excluding hydrogens is 363 g/mol. The van der Waals surface area contributed by atoms with Crippen LogP contribution < -0.4 is 0 Å². The lowest BCUT2D eigenvalue weighted by Gasteiger charge is -2.22. The molecular formula is C24H23FN4. The molecule has 4 aromatic rings. The van der Waals surface area contributed by atoms with Crippen LogP contribution in [0.2, 0.25) is 0 Å².